The van der Waals surface area contributed by atoms with Crippen molar-refractivity contribution in [2.45, 2.75) is 27.2 Å². The molecule has 0 atom stereocenters. The Kier molecular flexibility index (Phi) is 4.32. The van der Waals surface area contributed by atoms with Crippen molar-refractivity contribution in [2.24, 2.45) is 4.99 Å². The molecule has 134 valence electrons. The molecule has 4 nitrogen and oxygen atoms in total. The highest BCUT2D eigenvalue weighted by Crippen LogP contribution is 2.31. The Labute approximate surface area is 159 Å². The van der Waals surface area contributed by atoms with Crippen molar-refractivity contribution in [3.8, 4) is 11.1 Å². The smallest absolute Gasteiger partial charge is 0.230 e. The lowest BCUT2D eigenvalue weighted by molar-refractivity contribution is -0.115. The van der Waals surface area contributed by atoms with Gasteiger partial charge < -0.3 is 5.32 Å². The van der Waals surface area contributed by atoms with E-state index in [0.717, 1.165) is 50.7 Å². The summed E-state index contributed by atoms with van der Waals surface area (Å²) >= 11 is 0. The Morgan fingerprint density at radius 3 is 2.37 bits per heavy atom. The SMILES string of the molecule is Cc1ccc2c(c1)NC(=O)CC(c1cccc(-c3cc(C)nc(C)c3)c1)=N2. The van der Waals surface area contributed by atoms with E-state index in [1.165, 1.54) is 0 Å². The number of amides is 1. The summed E-state index contributed by atoms with van der Waals surface area (Å²) in [5.74, 6) is -0.0425. The van der Waals surface area contributed by atoms with Gasteiger partial charge in [-0.15, -0.1) is 0 Å². The number of hydrogen-bond acceptors (Lipinski definition) is 3. The molecule has 2 aromatic carbocycles. The number of benzene rings is 2. The molecule has 0 saturated heterocycles. The number of aromatic nitrogens is 1. The van der Waals surface area contributed by atoms with E-state index in [1.54, 1.807) is 0 Å². The number of nitrogens with one attached hydrogen (secondary N) is 1. The summed E-state index contributed by atoms with van der Waals surface area (Å²) in [7, 11) is 0. The van der Waals surface area contributed by atoms with Crippen molar-refractivity contribution in [3.05, 3.63) is 77.1 Å². The highest BCUT2D eigenvalue weighted by atomic mass is 16.1. The fraction of sp³-hybridized carbons (Fsp3) is 0.174. The summed E-state index contributed by atoms with van der Waals surface area (Å²) in [6.07, 6.45) is 0.256. The van der Waals surface area contributed by atoms with Gasteiger partial charge in [0.25, 0.3) is 0 Å². The summed E-state index contributed by atoms with van der Waals surface area (Å²) in [6.45, 7) is 6.00. The number of hydrogen-bond donors (Lipinski definition) is 1. The van der Waals surface area contributed by atoms with Crippen LogP contribution in [0.3, 0.4) is 0 Å². The van der Waals surface area contributed by atoms with Crippen molar-refractivity contribution >= 4 is 23.0 Å². The van der Waals surface area contributed by atoms with E-state index in [9.17, 15) is 4.79 Å². The zero-order valence-electron chi connectivity index (χ0n) is 15.7. The van der Waals surface area contributed by atoms with Gasteiger partial charge >= 0.3 is 0 Å². The van der Waals surface area contributed by atoms with Gasteiger partial charge in [0.05, 0.1) is 23.5 Å². The van der Waals surface area contributed by atoms with Crippen molar-refractivity contribution in [2.75, 3.05) is 5.32 Å². The van der Waals surface area contributed by atoms with Crippen LogP contribution in [0.4, 0.5) is 11.4 Å². The Balaban J connectivity index is 1.79. The van der Waals surface area contributed by atoms with Crippen LogP contribution in [-0.2, 0) is 4.79 Å². The highest BCUT2D eigenvalue weighted by molar-refractivity contribution is 6.17. The standard InChI is InChI=1S/C23H21N3O/c1-14-7-8-20-22(9-14)26-23(27)13-21(25-20)18-6-4-5-17(12-18)19-10-15(2)24-16(3)11-19/h4-12H,13H2,1-3H3,(H,26,27). The molecular weight excluding hydrogens is 334 g/mol. The molecule has 1 amide bonds. The summed E-state index contributed by atoms with van der Waals surface area (Å²) in [4.78, 5) is 21.6. The molecule has 4 heteroatoms. The minimum Gasteiger partial charge on any atom is -0.324 e. The molecule has 1 N–H and O–H groups in total. The van der Waals surface area contributed by atoms with Crippen molar-refractivity contribution in [1.82, 2.24) is 4.98 Å². The fourth-order valence-corrected chi connectivity index (χ4v) is 3.42. The molecule has 0 fully saturated rings. The fourth-order valence-electron chi connectivity index (χ4n) is 3.42. The molecule has 0 aliphatic carbocycles. The molecular formula is C23H21N3O. The first-order valence-corrected chi connectivity index (χ1v) is 9.02. The third-order valence-electron chi connectivity index (χ3n) is 4.62. The van der Waals surface area contributed by atoms with Crippen LogP contribution in [-0.4, -0.2) is 16.6 Å². The molecule has 4 rings (SSSR count). The topological polar surface area (TPSA) is 54.4 Å². The first-order valence-electron chi connectivity index (χ1n) is 9.02. The van der Waals surface area contributed by atoms with Crippen molar-refractivity contribution < 1.29 is 4.79 Å². The van der Waals surface area contributed by atoms with Crippen molar-refractivity contribution in [3.63, 3.8) is 0 Å². The van der Waals surface area contributed by atoms with Gasteiger partial charge in [0, 0.05) is 11.4 Å². The van der Waals surface area contributed by atoms with Gasteiger partial charge in [-0.05, 0) is 73.4 Å². The first-order chi connectivity index (χ1) is 13.0. The molecule has 0 bridgehead atoms. The van der Waals surface area contributed by atoms with E-state index in [2.05, 4.69) is 34.6 Å². The minimum absolute atomic E-state index is 0.0425. The predicted octanol–water partition coefficient (Wildman–Crippen LogP) is 5.14. The first kappa shape index (κ1) is 17.2. The number of carbonyl (C=O) groups is 1. The monoisotopic (exact) mass is 355 g/mol. The van der Waals surface area contributed by atoms with Gasteiger partial charge in [0.2, 0.25) is 5.91 Å². The second-order valence-corrected chi connectivity index (χ2v) is 7.02. The lowest BCUT2D eigenvalue weighted by Gasteiger charge is -2.08. The van der Waals surface area contributed by atoms with Crippen LogP contribution in [0.5, 0.6) is 0 Å². The lowest BCUT2D eigenvalue weighted by Crippen LogP contribution is -2.15. The molecule has 27 heavy (non-hydrogen) atoms. The summed E-state index contributed by atoms with van der Waals surface area (Å²) < 4.78 is 0. The van der Waals surface area contributed by atoms with Gasteiger partial charge in [-0.1, -0.05) is 24.3 Å². The number of nitrogens with zero attached hydrogens (tertiary/aromatic N) is 2. The third kappa shape index (κ3) is 3.65. The highest BCUT2D eigenvalue weighted by Gasteiger charge is 2.17. The number of carbonyl (C=O) groups excluding carboxylic acids is 1. The quantitative estimate of drug-likeness (QED) is 0.692. The lowest BCUT2D eigenvalue weighted by atomic mass is 9.99. The number of aliphatic imine (C=N–C) groups is 1. The van der Waals surface area contributed by atoms with Gasteiger partial charge in [0.1, 0.15) is 0 Å². The summed E-state index contributed by atoms with van der Waals surface area (Å²) in [5.41, 5.74) is 8.60. The largest absolute Gasteiger partial charge is 0.324 e. The average Bonchev–Trinajstić information content (AvgIpc) is 2.78. The summed E-state index contributed by atoms with van der Waals surface area (Å²) in [6, 6.07) is 18.3. The maximum absolute atomic E-state index is 12.4. The van der Waals surface area contributed by atoms with E-state index in [0.29, 0.717) is 0 Å². The van der Waals surface area contributed by atoms with Crippen LogP contribution in [0.2, 0.25) is 0 Å². The maximum Gasteiger partial charge on any atom is 0.230 e. The molecule has 2 heterocycles. The Morgan fingerprint density at radius 2 is 1.59 bits per heavy atom. The van der Waals surface area contributed by atoms with E-state index in [4.69, 9.17) is 4.99 Å². The Hall–Kier alpha value is -3.27. The zero-order valence-corrected chi connectivity index (χ0v) is 15.7. The second kappa shape index (κ2) is 6.80. The minimum atomic E-state index is -0.0425. The van der Waals surface area contributed by atoms with Crippen LogP contribution >= 0.6 is 0 Å². The second-order valence-electron chi connectivity index (χ2n) is 7.02. The average molecular weight is 355 g/mol. The zero-order chi connectivity index (χ0) is 19.0. The van der Waals surface area contributed by atoms with E-state index < -0.39 is 0 Å². The Morgan fingerprint density at radius 1 is 0.852 bits per heavy atom. The number of rotatable bonds is 2. The molecule has 0 saturated carbocycles. The molecule has 1 aliphatic heterocycles. The third-order valence-corrected chi connectivity index (χ3v) is 4.62. The number of anilines is 1. The normalized spacial score (nSPS) is 13.4. The number of fused-ring (bicyclic) bond motifs is 1. The summed E-state index contributed by atoms with van der Waals surface area (Å²) in [5, 5.41) is 2.96. The van der Waals surface area contributed by atoms with Crippen LogP contribution in [0.1, 0.15) is 28.9 Å². The van der Waals surface area contributed by atoms with Crippen LogP contribution in [0.25, 0.3) is 11.1 Å². The van der Waals surface area contributed by atoms with Gasteiger partial charge in [-0.25, -0.2) is 0 Å². The molecule has 0 radical (unpaired) electrons. The van der Waals surface area contributed by atoms with Crippen LogP contribution in [0, 0.1) is 20.8 Å². The van der Waals surface area contributed by atoms with Gasteiger partial charge in [0.15, 0.2) is 0 Å². The van der Waals surface area contributed by atoms with Crippen LogP contribution in [0.15, 0.2) is 59.6 Å². The maximum atomic E-state index is 12.4. The molecule has 1 aromatic heterocycles. The van der Waals surface area contributed by atoms with E-state index >= 15 is 0 Å². The van der Waals surface area contributed by atoms with Gasteiger partial charge in [-0.3, -0.25) is 14.8 Å². The van der Waals surface area contributed by atoms with Gasteiger partial charge in [-0.2, -0.15) is 0 Å². The molecule has 0 spiro atoms. The van der Waals surface area contributed by atoms with E-state index in [1.807, 2.05) is 51.1 Å². The molecule has 1 aliphatic rings. The van der Waals surface area contributed by atoms with Crippen molar-refractivity contribution in [1.29, 1.82) is 0 Å². The molecule has 3 aromatic rings. The van der Waals surface area contributed by atoms with Crippen LogP contribution < -0.4 is 5.32 Å². The predicted molar refractivity (Wildman–Crippen MR) is 110 cm³/mol. The van der Waals surface area contributed by atoms with E-state index in [-0.39, 0.29) is 12.3 Å². The Bertz CT molecular complexity index is 1060. The number of aryl methyl sites for hydroxylation is 3. The number of pyridine rings is 1. The molecule has 0 unspecified atom stereocenters.